The third-order valence-electron chi connectivity index (χ3n) is 6.35. The predicted molar refractivity (Wildman–Crippen MR) is 139 cm³/mol. The molecule has 1 aliphatic heterocycles. The van der Waals surface area contributed by atoms with E-state index in [1.165, 1.54) is 15.1 Å². The van der Waals surface area contributed by atoms with Crippen molar-refractivity contribution in [2.75, 3.05) is 18.4 Å². The fourth-order valence-corrected chi connectivity index (χ4v) is 7.01. The third kappa shape index (κ3) is 3.64. The topological polar surface area (TPSA) is 45.2 Å². The molecule has 0 saturated carbocycles. The van der Waals surface area contributed by atoms with Crippen molar-refractivity contribution in [2.24, 2.45) is 0 Å². The Kier molecular flexibility index (Phi) is 5.21. The molecule has 164 valence electrons. The van der Waals surface area contributed by atoms with Gasteiger partial charge in [-0.1, -0.05) is 55.5 Å². The fraction of sp³-hybridized carbons (Fsp3) is 0.185. The number of thiazole rings is 1. The minimum atomic E-state index is -0.0693. The number of nitrogens with zero attached hydrogens (tertiary/aromatic N) is 2. The summed E-state index contributed by atoms with van der Waals surface area (Å²) < 4.78 is 1.17. The summed E-state index contributed by atoms with van der Waals surface area (Å²) in [7, 11) is 0. The van der Waals surface area contributed by atoms with Crippen LogP contribution >= 0.6 is 22.7 Å². The number of amides is 1. The molecular formula is C27H23N3OS2. The van der Waals surface area contributed by atoms with Crippen LogP contribution in [0.15, 0.2) is 66.7 Å². The Morgan fingerprint density at radius 1 is 1.03 bits per heavy atom. The first-order valence-electron chi connectivity index (χ1n) is 11.2. The Bertz CT molecular complexity index is 1460. The monoisotopic (exact) mass is 469 g/mol. The van der Waals surface area contributed by atoms with E-state index in [-0.39, 0.29) is 5.91 Å². The number of para-hydroxylation sites is 1. The van der Waals surface area contributed by atoms with Crippen LogP contribution in [-0.4, -0.2) is 28.9 Å². The van der Waals surface area contributed by atoms with Crippen molar-refractivity contribution in [1.82, 2.24) is 9.88 Å². The SMILES string of the molecule is CCN1CCc2c(sc(NC(=O)c3cccc4ccccc34)c2-c2nc3ccccc3s2)C1. The lowest BCUT2D eigenvalue weighted by molar-refractivity contribution is 0.102. The zero-order valence-corrected chi connectivity index (χ0v) is 19.9. The second kappa shape index (κ2) is 8.37. The number of anilines is 1. The number of carbonyl (C=O) groups excluding carboxylic acids is 1. The molecule has 6 heteroatoms. The van der Waals surface area contributed by atoms with Gasteiger partial charge in [-0.2, -0.15) is 0 Å². The average molecular weight is 470 g/mol. The van der Waals surface area contributed by atoms with E-state index in [0.717, 1.165) is 57.9 Å². The van der Waals surface area contributed by atoms with Gasteiger partial charge >= 0.3 is 0 Å². The first-order valence-corrected chi connectivity index (χ1v) is 12.9. The van der Waals surface area contributed by atoms with Crippen LogP contribution in [0.4, 0.5) is 5.00 Å². The lowest BCUT2D eigenvalue weighted by atomic mass is 10.0. The molecule has 0 bridgehead atoms. The van der Waals surface area contributed by atoms with Crippen molar-refractivity contribution in [3.8, 4) is 10.6 Å². The Balaban J connectivity index is 1.45. The molecule has 0 fully saturated rings. The summed E-state index contributed by atoms with van der Waals surface area (Å²) in [6.45, 7) is 5.20. The second-order valence-corrected chi connectivity index (χ2v) is 10.4. The van der Waals surface area contributed by atoms with E-state index in [0.29, 0.717) is 5.56 Å². The number of carbonyl (C=O) groups is 1. The van der Waals surface area contributed by atoms with Crippen molar-refractivity contribution in [2.45, 2.75) is 19.9 Å². The van der Waals surface area contributed by atoms with Crippen LogP contribution in [0.5, 0.6) is 0 Å². The molecule has 33 heavy (non-hydrogen) atoms. The van der Waals surface area contributed by atoms with E-state index >= 15 is 0 Å². The first kappa shape index (κ1) is 20.5. The molecule has 3 aromatic carbocycles. The maximum Gasteiger partial charge on any atom is 0.256 e. The van der Waals surface area contributed by atoms with Gasteiger partial charge in [-0.15, -0.1) is 22.7 Å². The highest BCUT2D eigenvalue weighted by Crippen LogP contribution is 2.45. The Morgan fingerprint density at radius 2 is 1.85 bits per heavy atom. The van der Waals surface area contributed by atoms with E-state index in [2.05, 4.69) is 35.3 Å². The van der Waals surface area contributed by atoms with E-state index < -0.39 is 0 Å². The summed E-state index contributed by atoms with van der Waals surface area (Å²) in [6, 6.07) is 22.2. The number of nitrogens with one attached hydrogen (secondary N) is 1. The van der Waals surface area contributed by atoms with Gasteiger partial charge < -0.3 is 5.32 Å². The van der Waals surface area contributed by atoms with Gasteiger partial charge in [0.05, 0.1) is 10.2 Å². The Labute approximate surface area is 200 Å². The molecule has 6 rings (SSSR count). The zero-order valence-electron chi connectivity index (χ0n) is 18.3. The van der Waals surface area contributed by atoms with Crippen LogP contribution in [0, 0.1) is 0 Å². The van der Waals surface area contributed by atoms with Crippen molar-refractivity contribution in [3.63, 3.8) is 0 Å². The molecule has 0 aliphatic carbocycles. The minimum Gasteiger partial charge on any atom is -0.313 e. The highest BCUT2D eigenvalue weighted by atomic mass is 32.1. The maximum atomic E-state index is 13.5. The molecule has 0 radical (unpaired) electrons. The maximum absolute atomic E-state index is 13.5. The second-order valence-electron chi connectivity index (χ2n) is 8.29. The molecule has 0 unspecified atom stereocenters. The summed E-state index contributed by atoms with van der Waals surface area (Å²) >= 11 is 3.41. The van der Waals surface area contributed by atoms with Gasteiger partial charge in [0.25, 0.3) is 5.91 Å². The number of likely N-dealkylation sites (N-methyl/N-ethyl adjacent to an activating group) is 1. The molecule has 5 aromatic rings. The molecule has 0 atom stereocenters. The van der Waals surface area contributed by atoms with Crippen molar-refractivity contribution >= 4 is 54.6 Å². The molecule has 2 aromatic heterocycles. The number of fused-ring (bicyclic) bond motifs is 3. The lowest BCUT2D eigenvalue weighted by Gasteiger charge is -2.25. The summed E-state index contributed by atoms with van der Waals surface area (Å²) in [4.78, 5) is 22.2. The van der Waals surface area contributed by atoms with Gasteiger partial charge in [0.1, 0.15) is 10.0 Å². The number of thiophene rings is 1. The first-order chi connectivity index (χ1) is 16.2. The highest BCUT2D eigenvalue weighted by Gasteiger charge is 2.27. The number of rotatable bonds is 4. The smallest absolute Gasteiger partial charge is 0.256 e. The number of hydrogen-bond donors (Lipinski definition) is 1. The van der Waals surface area contributed by atoms with Crippen LogP contribution < -0.4 is 5.32 Å². The van der Waals surface area contributed by atoms with Gasteiger partial charge in [0.15, 0.2) is 0 Å². The van der Waals surface area contributed by atoms with Gasteiger partial charge in [-0.3, -0.25) is 9.69 Å². The average Bonchev–Trinajstić information content (AvgIpc) is 3.43. The minimum absolute atomic E-state index is 0.0693. The third-order valence-corrected chi connectivity index (χ3v) is 8.54. The summed E-state index contributed by atoms with van der Waals surface area (Å²) in [5, 5.41) is 7.22. The highest BCUT2D eigenvalue weighted by molar-refractivity contribution is 7.23. The molecular weight excluding hydrogens is 446 g/mol. The van der Waals surface area contributed by atoms with Gasteiger partial charge in [-0.05, 0) is 47.5 Å². The molecule has 1 amide bonds. The summed E-state index contributed by atoms with van der Waals surface area (Å²) in [5.41, 5.74) is 4.16. The van der Waals surface area contributed by atoms with Crippen LogP contribution in [0.3, 0.4) is 0 Å². The molecule has 1 aliphatic rings. The Morgan fingerprint density at radius 3 is 2.73 bits per heavy atom. The predicted octanol–water partition coefficient (Wildman–Crippen LogP) is 6.81. The number of aromatic nitrogens is 1. The molecule has 3 heterocycles. The molecule has 0 saturated heterocycles. The number of hydrogen-bond acceptors (Lipinski definition) is 5. The van der Waals surface area contributed by atoms with Crippen molar-refractivity contribution in [3.05, 3.63) is 82.7 Å². The van der Waals surface area contributed by atoms with Gasteiger partial charge in [0, 0.05) is 29.1 Å². The largest absolute Gasteiger partial charge is 0.313 e. The molecule has 0 spiro atoms. The van der Waals surface area contributed by atoms with Gasteiger partial charge in [-0.25, -0.2) is 4.98 Å². The van der Waals surface area contributed by atoms with E-state index in [4.69, 9.17) is 4.98 Å². The van der Waals surface area contributed by atoms with E-state index in [1.807, 2.05) is 48.5 Å². The quantitative estimate of drug-likeness (QED) is 0.314. The zero-order chi connectivity index (χ0) is 22.4. The van der Waals surface area contributed by atoms with Gasteiger partial charge in [0.2, 0.25) is 0 Å². The van der Waals surface area contributed by atoms with Crippen LogP contribution in [0.25, 0.3) is 31.6 Å². The van der Waals surface area contributed by atoms with Crippen LogP contribution in [-0.2, 0) is 13.0 Å². The fourth-order valence-electron chi connectivity index (χ4n) is 4.61. The standard InChI is InChI=1S/C27H23N3OS2/c1-2-30-15-14-20-23(16-30)33-27(24(20)26-28-21-12-5-6-13-22(21)32-26)29-25(31)19-11-7-9-17-8-3-4-10-18(17)19/h3-13H,2,14-16H2,1H3,(H,29,31). The normalized spacial score (nSPS) is 14.0. The van der Waals surface area contributed by atoms with Crippen LogP contribution in [0.2, 0.25) is 0 Å². The Hall–Kier alpha value is -3.06. The van der Waals surface area contributed by atoms with Crippen molar-refractivity contribution < 1.29 is 4.79 Å². The molecule has 1 N–H and O–H groups in total. The molecule has 4 nitrogen and oxygen atoms in total. The van der Waals surface area contributed by atoms with E-state index in [9.17, 15) is 4.79 Å². The van der Waals surface area contributed by atoms with Crippen LogP contribution in [0.1, 0.15) is 27.7 Å². The lowest BCUT2D eigenvalue weighted by Crippen LogP contribution is -2.29. The van der Waals surface area contributed by atoms with Crippen molar-refractivity contribution in [1.29, 1.82) is 0 Å². The summed E-state index contributed by atoms with van der Waals surface area (Å²) in [5.74, 6) is -0.0693. The summed E-state index contributed by atoms with van der Waals surface area (Å²) in [6.07, 6.45) is 0.981. The van der Waals surface area contributed by atoms with E-state index in [1.54, 1.807) is 22.7 Å². The number of benzene rings is 3.